The van der Waals surface area contributed by atoms with Gasteiger partial charge in [-0.3, -0.25) is 0 Å². The van der Waals surface area contributed by atoms with Crippen molar-refractivity contribution >= 4 is 0 Å². The number of rotatable bonds is 6. The molecule has 3 heteroatoms. The van der Waals surface area contributed by atoms with E-state index in [1.165, 1.54) is 12.1 Å². The van der Waals surface area contributed by atoms with Crippen LogP contribution in [-0.2, 0) is 11.3 Å². The molecular formula is C14H18FNO. The van der Waals surface area contributed by atoms with Crippen LogP contribution in [0.15, 0.2) is 18.2 Å². The third-order valence-corrected chi connectivity index (χ3v) is 2.54. The molecule has 0 radical (unpaired) electrons. The Bertz CT molecular complexity index is 398. The van der Waals surface area contributed by atoms with Gasteiger partial charge in [-0.1, -0.05) is 20.3 Å². The maximum Gasteiger partial charge on any atom is 0.124 e. The van der Waals surface area contributed by atoms with Gasteiger partial charge in [0.15, 0.2) is 0 Å². The van der Waals surface area contributed by atoms with Gasteiger partial charge in [0.1, 0.15) is 5.82 Å². The van der Waals surface area contributed by atoms with Crippen LogP contribution in [0.2, 0.25) is 0 Å². The average molecular weight is 235 g/mol. The Morgan fingerprint density at radius 3 is 2.82 bits per heavy atom. The first-order chi connectivity index (χ1) is 8.15. The van der Waals surface area contributed by atoms with Gasteiger partial charge in [0.05, 0.1) is 18.2 Å². The van der Waals surface area contributed by atoms with Crippen molar-refractivity contribution in [2.75, 3.05) is 6.61 Å². The van der Waals surface area contributed by atoms with Gasteiger partial charge >= 0.3 is 0 Å². The Kier molecular flexibility index (Phi) is 5.65. The van der Waals surface area contributed by atoms with E-state index in [1.54, 1.807) is 6.07 Å². The van der Waals surface area contributed by atoms with Crippen molar-refractivity contribution in [3.8, 4) is 6.07 Å². The largest absolute Gasteiger partial charge is 0.376 e. The minimum atomic E-state index is -0.385. The number of ether oxygens (including phenoxy) is 1. The molecular weight excluding hydrogens is 217 g/mol. The average Bonchev–Trinajstić information content (AvgIpc) is 2.28. The highest BCUT2D eigenvalue weighted by molar-refractivity contribution is 5.33. The highest BCUT2D eigenvalue weighted by atomic mass is 19.1. The van der Waals surface area contributed by atoms with Crippen LogP contribution in [0, 0.1) is 23.1 Å². The zero-order valence-electron chi connectivity index (χ0n) is 10.4. The van der Waals surface area contributed by atoms with E-state index < -0.39 is 0 Å². The summed E-state index contributed by atoms with van der Waals surface area (Å²) in [6.45, 7) is 5.31. The maximum absolute atomic E-state index is 13.1. The lowest BCUT2D eigenvalue weighted by molar-refractivity contribution is 0.0892. The lowest BCUT2D eigenvalue weighted by atomic mass is 10.1. The topological polar surface area (TPSA) is 33.0 Å². The Labute approximate surface area is 102 Å². The van der Waals surface area contributed by atoms with E-state index in [2.05, 4.69) is 13.8 Å². The Morgan fingerprint density at radius 1 is 1.41 bits per heavy atom. The molecule has 0 bridgehead atoms. The summed E-state index contributed by atoms with van der Waals surface area (Å²) >= 11 is 0. The molecule has 0 aromatic heterocycles. The Hall–Kier alpha value is -1.40. The zero-order valence-corrected chi connectivity index (χ0v) is 10.4. The molecule has 0 fully saturated rings. The van der Waals surface area contributed by atoms with E-state index >= 15 is 0 Å². The highest BCUT2D eigenvalue weighted by Crippen LogP contribution is 2.11. The Balaban J connectivity index is 2.47. The summed E-state index contributed by atoms with van der Waals surface area (Å²) in [6, 6.07) is 6.23. The fourth-order valence-corrected chi connectivity index (χ4v) is 1.75. The van der Waals surface area contributed by atoms with Gasteiger partial charge in [-0.2, -0.15) is 5.26 Å². The molecule has 1 unspecified atom stereocenters. The predicted molar refractivity (Wildman–Crippen MR) is 64.8 cm³/mol. The molecule has 0 aliphatic heterocycles. The molecule has 0 aliphatic rings. The van der Waals surface area contributed by atoms with Crippen LogP contribution in [0.5, 0.6) is 0 Å². The van der Waals surface area contributed by atoms with Gasteiger partial charge in [-0.25, -0.2) is 4.39 Å². The van der Waals surface area contributed by atoms with Crippen molar-refractivity contribution in [3.63, 3.8) is 0 Å². The number of nitrogens with zero attached hydrogens (tertiary/aromatic N) is 1. The lowest BCUT2D eigenvalue weighted by Crippen LogP contribution is -2.05. The minimum absolute atomic E-state index is 0.338. The zero-order chi connectivity index (χ0) is 12.7. The van der Waals surface area contributed by atoms with Crippen molar-refractivity contribution in [3.05, 3.63) is 35.1 Å². The van der Waals surface area contributed by atoms with Crippen LogP contribution in [-0.4, -0.2) is 6.61 Å². The van der Waals surface area contributed by atoms with Crippen molar-refractivity contribution in [2.24, 2.45) is 5.92 Å². The van der Waals surface area contributed by atoms with E-state index in [1.807, 2.05) is 6.07 Å². The van der Waals surface area contributed by atoms with Crippen molar-refractivity contribution in [2.45, 2.75) is 33.3 Å². The molecule has 1 rings (SSSR count). The molecule has 2 nitrogen and oxygen atoms in total. The van der Waals surface area contributed by atoms with Crippen LogP contribution in [0.25, 0.3) is 0 Å². The summed E-state index contributed by atoms with van der Waals surface area (Å²) in [4.78, 5) is 0. The number of hydrogen-bond acceptors (Lipinski definition) is 2. The second kappa shape index (κ2) is 7.03. The summed E-state index contributed by atoms with van der Waals surface area (Å²) in [5.74, 6) is 0.133. The SMILES string of the molecule is CCCC(C)COCc1cc(F)cc(C#N)c1. The summed E-state index contributed by atoms with van der Waals surface area (Å²) < 4.78 is 18.6. The van der Waals surface area contributed by atoms with Crippen LogP contribution in [0.1, 0.15) is 37.8 Å². The standard InChI is InChI=1S/C14H18FNO/c1-3-4-11(2)9-17-10-13-5-12(8-16)6-14(15)7-13/h5-7,11H,3-4,9-10H2,1-2H3. The van der Waals surface area contributed by atoms with E-state index in [4.69, 9.17) is 10.00 Å². The molecule has 1 aromatic rings. The molecule has 92 valence electrons. The number of benzene rings is 1. The summed E-state index contributed by atoms with van der Waals surface area (Å²) in [7, 11) is 0. The molecule has 0 saturated carbocycles. The second-order valence-corrected chi connectivity index (χ2v) is 4.37. The summed E-state index contributed by atoms with van der Waals surface area (Å²) in [5.41, 5.74) is 1.05. The van der Waals surface area contributed by atoms with E-state index in [0.717, 1.165) is 12.8 Å². The maximum atomic E-state index is 13.1. The third-order valence-electron chi connectivity index (χ3n) is 2.54. The molecule has 0 amide bonds. The fraction of sp³-hybridized carbons (Fsp3) is 0.500. The lowest BCUT2D eigenvalue weighted by Gasteiger charge is -2.10. The van der Waals surface area contributed by atoms with Gasteiger partial charge in [0.2, 0.25) is 0 Å². The first-order valence-corrected chi connectivity index (χ1v) is 5.93. The van der Waals surface area contributed by atoms with Gasteiger partial charge in [0.25, 0.3) is 0 Å². The van der Waals surface area contributed by atoms with Crippen LogP contribution in [0.3, 0.4) is 0 Å². The molecule has 1 aromatic carbocycles. The molecule has 0 aliphatic carbocycles. The number of hydrogen-bond donors (Lipinski definition) is 0. The molecule has 0 N–H and O–H groups in total. The molecule has 1 atom stereocenters. The molecule has 17 heavy (non-hydrogen) atoms. The predicted octanol–water partition coefficient (Wildman–Crippen LogP) is 3.65. The normalized spacial score (nSPS) is 12.1. The van der Waals surface area contributed by atoms with Crippen LogP contribution < -0.4 is 0 Å². The monoisotopic (exact) mass is 235 g/mol. The molecule has 0 spiro atoms. The molecule has 0 heterocycles. The van der Waals surface area contributed by atoms with Crippen LogP contribution in [0.4, 0.5) is 4.39 Å². The summed E-state index contributed by atoms with van der Waals surface area (Å²) in [5, 5.41) is 8.71. The highest BCUT2D eigenvalue weighted by Gasteiger charge is 2.03. The van der Waals surface area contributed by atoms with Crippen molar-refractivity contribution < 1.29 is 9.13 Å². The first kappa shape index (κ1) is 13.7. The van der Waals surface area contributed by atoms with Gasteiger partial charge in [-0.15, -0.1) is 0 Å². The first-order valence-electron chi connectivity index (χ1n) is 5.93. The second-order valence-electron chi connectivity index (χ2n) is 4.37. The van der Waals surface area contributed by atoms with Gasteiger partial charge < -0.3 is 4.74 Å². The van der Waals surface area contributed by atoms with Crippen molar-refractivity contribution in [1.29, 1.82) is 5.26 Å². The van der Waals surface area contributed by atoms with Gasteiger partial charge in [-0.05, 0) is 36.1 Å². The van der Waals surface area contributed by atoms with E-state index in [9.17, 15) is 4.39 Å². The molecule has 0 saturated heterocycles. The number of nitriles is 1. The van der Waals surface area contributed by atoms with Gasteiger partial charge in [0, 0.05) is 6.61 Å². The minimum Gasteiger partial charge on any atom is -0.376 e. The smallest absolute Gasteiger partial charge is 0.124 e. The van der Waals surface area contributed by atoms with E-state index in [-0.39, 0.29) is 5.82 Å². The van der Waals surface area contributed by atoms with Crippen molar-refractivity contribution in [1.82, 2.24) is 0 Å². The quantitative estimate of drug-likeness (QED) is 0.754. The Morgan fingerprint density at radius 2 is 2.18 bits per heavy atom. The fourth-order valence-electron chi connectivity index (χ4n) is 1.75. The van der Waals surface area contributed by atoms with Crippen LogP contribution >= 0.6 is 0 Å². The van der Waals surface area contributed by atoms with E-state index in [0.29, 0.717) is 30.3 Å². The third kappa shape index (κ3) is 4.97. The summed E-state index contributed by atoms with van der Waals surface area (Å²) in [6.07, 6.45) is 2.27. The number of halogens is 1.